The molecule has 4 nitrogen and oxygen atoms in total. The number of hydrogen-bond acceptors (Lipinski definition) is 4. The van der Waals surface area contributed by atoms with Gasteiger partial charge in [-0.25, -0.2) is 0 Å². The Hall–Kier alpha value is -1.42. The summed E-state index contributed by atoms with van der Waals surface area (Å²) in [7, 11) is 0. The number of hydrogen-bond donors (Lipinski definition) is 1. The molecular formula is C15H24N2O2. The molecule has 1 heterocycles. The van der Waals surface area contributed by atoms with Crippen LogP contribution in [-0.4, -0.2) is 37.2 Å². The number of nitrogen functional groups attached to an aromatic ring is 1. The number of anilines is 1. The maximum absolute atomic E-state index is 5.88. The molecule has 1 aliphatic heterocycles. The molecule has 0 spiro atoms. The van der Waals surface area contributed by atoms with Gasteiger partial charge in [-0.1, -0.05) is 0 Å². The largest absolute Gasteiger partial charge is 0.492 e. The highest BCUT2D eigenvalue weighted by Gasteiger charge is 2.11. The summed E-state index contributed by atoms with van der Waals surface area (Å²) in [6.07, 6.45) is 2.74. The lowest BCUT2D eigenvalue weighted by Crippen LogP contribution is -2.25. The molecule has 2 rings (SSSR count). The van der Waals surface area contributed by atoms with E-state index >= 15 is 0 Å². The van der Waals surface area contributed by atoms with E-state index in [0.717, 1.165) is 12.3 Å². The van der Waals surface area contributed by atoms with E-state index < -0.39 is 0 Å². The van der Waals surface area contributed by atoms with Crippen molar-refractivity contribution in [3.63, 3.8) is 0 Å². The third-order valence-corrected chi connectivity index (χ3v) is 3.22. The van der Waals surface area contributed by atoms with Crippen LogP contribution in [0.25, 0.3) is 0 Å². The van der Waals surface area contributed by atoms with Crippen molar-refractivity contribution < 1.29 is 9.47 Å². The van der Waals surface area contributed by atoms with Gasteiger partial charge in [-0.15, -0.1) is 0 Å². The van der Waals surface area contributed by atoms with Crippen LogP contribution in [0.2, 0.25) is 0 Å². The van der Waals surface area contributed by atoms with Crippen molar-refractivity contribution >= 4 is 5.69 Å². The number of nitrogens with zero attached hydrogens (tertiary/aromatic N) is 1. The van der Waals surface area contributed by atoms with Gasteiger partial charge in [0.25, 0.3) is 0 Å². The van der Waals surface area contributed by atoms with E-state index in [2.05, 4.69) is 4.90 Å². The molecule has 0 saturated carbocycles. The van der Waals surface area contributed by atoms with Crippen molar-refractivity contribution in [1.29, 1.82) is 0 Å². The zero-order valence-electron chi connectivity index (χ0n) is 11.9. The highest BCUT2D eigenvalue weighted by Crippen LogP contribution is 2.27. The van der Waals surface area contributed by atoms with E-state index in [-0.39, 0.29) is 6.10 Å². The van der Waals surface area contributed by atoms with Gasteiger partial charge in [0.05, 0.1) is 11.8 Å². The second-order valence-electron chi connectivity index (χ2n) is 5.26. The summed E-state index contributed by atoms with van der Waals surface area (Å²) in [5, 5.41) is 0. The van der Waals surface area contributed by atoms with Gasteiger partial charge in [0.1, 0.15) is 18.1 Å². The van der Waals surface area contributed by atoms with E-state index in [0.29, 0.717) is 18.0 Å². The maximum Gasteiger partial charge on any atom is 0.146 e. The Morgan fingerprint density at radius 1 is 1.26 bits per heavy atom. The second kappa shape index (κ2) is 6.66. The van der Waals surface area contributed by atoms with Crippen molar-refractivity contribution in [3.8, 4) is 11.5 Å². The minimum atomic E-state index is 0.113. The molecule has 0 bridgehead atoms. The third-order valence-electron chi connectivity index (χ3n) is 3.22. The Bertz CT molecular complexity index is 401. The van der Waals surface area contributed by atoms with Crippen LogP contribution < -0.4 is 15.2 Å². The molecule has 0 unspecified atom stereocenters. The van der Waals surface area contributed by atoms with Crippen LogP contribution in [-0.2, 0) is 0 Å². The van der Waals surface area contributed by atoms with Crippen molar-refractivity contribution in [3.05, 3.63) is 18.2 Å². The van der Waals surface area contributed by atoms with Crippen LogP contribution in [0.5, 0.6) is 11.5 Å². The molecule has 1 aromatic rings. The van der Waals surface area contributed by atoms with Crippen molar-refractivity contribution in [2.24, 2.45) is 0 Å². The van der Waals surface area contributed by atoms with E-state index in [9.17, 15) is 0 Å². The van der Waals surface area contributed by atoms with Gasteiger partial charge in [-0.3, -0.25) is 4.90 Å². The van der Waals surface area contributed by atoms with Gasteiger partial charge in [0, 0.05) is 12.6 Å². The first-order valence-electron chi connectivity index (χ1n) is 7.06. The molecule has 0 aliphatic carbocycles. The van der Waals surface area contributed by atoms with Crippen LogP contribution >= 0.6 is 0 Å². The minimum absolute atomic E-state index is 0.113. The van der Waals surface area contributed by atoms with Gasteiger partial charge in [-0.2, -0.15) is 0 Å². The van der Waals surface area contributed by atoms with E-state index in [1.165, 1.54) is 25.9 Å². The van der Waals surface area contributed by atoms with Crippen LogP contribution in [0, 0.1) is 0 Å². The second-order valence-corrected chi connectivity index (χ2v) is 5.26. The Labute approximate surface area is 115 Å². The molecule has 19 heavy (non-hydrogen) atoms. The van der Waals surface area contributed by atoms with Gasteiger partial charge >= 0.3 is 0 Å². The zero-order chi connectivity index (χ0) is 13.7. The van der Waals surface area contributed by atoms with Gasteiger partial charge < -0.3 is 15.2 Å². The average molecular weight is 264 g/mol. The van der Waals surface area contributed by atoms with Crippen molar-refractivity contribution in [1.82, 2.24) is 4.90 Å². The van der Waals surface area contributed by atoms with Crippen LogP contribution in [0.15, 0.2) is 18.2 Å². The van der Waals surface area contributed by atoms with Crippen molar-refractivity contribution in [2.75, 3.05) is 32.0 Å². The normalized spacial score (nSPS) is 15.9. The molecule has 1 saturated heterocycles. The van der Waals surface area contributed by atoms with E-state index in [1.54, 1.807) is 0 Å². The molecule has 106 valence electrons. The highest BCUT2D eigenvalue weighted by atomic mass is 16.5. The zero-order valence-corrected chi connectivity index (χ0v) is 11.9. The summed E-state index contributed by atoms with van der Waals surface area (Å²) in [4.78, 5) is 2.43. The Morgan fingerprint density at radius 2 is 2.00 bits per heavy atom. The quantitative estimate of drug-likeness (QED) is 0.802. The summed E-state index contributed by atoms with van der Waals surface area (Å²) in [6, 6.07) is 5.61. The first kappa shape index (κ1) is 14.0. The molecular weight excluding hydrogens is 240 g/mol. The van der Waals surface area contributed by atoms with Crippen LogP contribution in [0.4, 0.5) is 5.69 Å². The Balaban J connectivity index is 1.85. The average Bonchev–Trinajstić information content (AvgIpc) is 2.86. The number of ether oxygens (including phenoxy) is 2. The fourth-order valence-electron chi connectivity index (χ4n) is 2.26. The number of likely N-dealkylation sites (tertiary alicyclic amines) is 1. The number of nitrogens with two attached hydrogens (primary N) is 1. The fourth-order valence-corrected chi connectivity index (χ4v) is 2.26. The molecule has 4 heteroatoms. The predicted octanol–water partition coefficient (Wildman–Crippen LogP) is 2.53. The predicted molar refractivity (Wildman–Crippen MR) is 77.8 cm³/mol. The van der Waals surface area contributed by atoms with Crippen LogP contribution in [0.3, 0.4) is 0 Å². The summed E-state index contributed by atoms with van der Waals surface area (Å²) in [5.74, 6) is 1.53. The maximum atomic E-state index is 5.88. The monoisotopic (exact) mass is 264 g/mol. The highest BCUT2D eigenvalue weighted by molar-refractivity contribution is 5.55. The molecule has 0 aromatic heterocycles. The standard InChI is InChI=1S/C15H24N2O2/c1-12(2)19-15-11-13(5-6-14(15)16)18-10-9-17-7-3-4-8-17/h5-6,11-12H,3-4,7-10,16H2,1-2H3. The Kier molecular flexibility index (Phi) is 4.91. The first-order valence-corrected chi connectivity index (χ1v) is 7.06. The van der Waals surface area contributed by atoms with Gasteiger partial charge in [0.15, 0.2) is 0 Å². The van der Waals surface area contributed by atoms with Gasteiger partial charge in [0.2, 0.25) is 0 Å². The van der Waals surface area contributed by atoms with Crippen LogP contribution in [0.1, 0.15) is 26.7 Å². The molecule has 0 radical (unpaired) electrons. The lowest BCUT2D eigenvalue weighted by molar-refractivity contribution is 0.230. The lowest BCUT2D eigenvalue weighted by Gasteiger charge is -2.16. The van der Waals surface area contributed by atoms with E-state index in [1.807, 2.05) is 32.0 Å². The lowest BCUT2D eigenvalue weighted by atomic mass is 10.3. The molecule has 0 amide bonds. The van der Waals surface area contributed by atoms with Crippen molar-refractivity contribution in [2.45, 2.75) is 32.8 Å². The summed E-state index contributed by atoms with van der Waals surface area (Å²) >= 11 is 0. The summed E-state index contributed by atoms with van der Waals surface area (Å²) < 4.78 is 11.4. The number of rotatable bonds is 6. The fraction of sp³-hybridized carbons (Fsp3) is 0.600. The smallest absolute Gasteiger partial charge is 0.146 e. The third kappa shape index (κ3) is 4.31. The van der Waals surface area contributed by atoms with E-state index in [4.69, 9.17) is 15.2 Å². The SMILES string of the molecule is CC(C)Oc1cc(OCCN2CCCC2)ccc1N. The molecule has 1 aromatic carbocycles. The Morgan fingerprint density at radius 3 is 2.68 bits per heavy atom. The molecule has 1 aliphatic rings. The summed E-state index contributed by atoms with van der Waals surface area (Å²) in [6.45, 7) is 8.08. The summed E-state index contributed by atoms with van der Waals surface area (Å²) in [5.41, 5.74) is 6.53. The topological polar surface area (TPSA) is 47.7 Å². The van der Waals surface area contributed by atoms with Gasteiger partial charge in [-0.05, 0) is 51.9 Å². The molecule has 2 N–H and O–H groups in total. The molecule has 1 fully saturated rings. The number of benzene rings is 1. The minimum Gasteiger partial charge on any atom is -0.492 e. The first-order chi connectivity index (χ1) is 9.15. The molecule has 0 atom stereocenters.